The van der Waals surface area contributed by atoms with Crippen LogP contribution >= 0.6 is 0 Å². The van der Waals surface area contributed by atoms with Crippen LogP contribution in [-0.2, 0) is 25.7 Å². The molecule has 15 nitrogen and oxygen atoms in total. The Kier molecular flexibility index (Phi) is 8.67. The van der Waals surface area contributed by atoms with Gasteiger partial charge in [0.2, 0.25) is 17.7 Å². The zero-order valence-electron chi connectivity index (χ0n) is 20.2. The van der Waals surface area contributed by atoms with Crippen molar-refractivity contribution in [2.24, 2.45) is 16.5 Å². The van der Waals surface area contributed by atoms with Gasteiger partial charge in [0.15, 0.2) is 12.0 Å². The third-order valence-corrected chi connectivity index (χ3v) is 5.37. The molecule has 0 fully saturated rings. The molecule has 0 spiro atoms. The first-order chi connectivity index (χ1) is 18.5. The Balaban J connectivity index is 1.77. The van der Waals surface area contributed by atoms with E-state index >= 15 is 0 Å². The number of hydrogen-bond donors (Lipinski definition) is 8. The number of guanidine groups is 1. The second-order valence-corrected chi connectivity index (χ2v) is 8.21. The molecule has 39 heavy (non-hydrogen) atoms. The summed E-state index contributed by atoms with van der Waals surface area (Å²) in [6.45, 7) is -0.780. The highest BCUT2D eigenvalue weighted by molar-refractivity contribution is 5.93. The van der Waals surface area contributed by atoms with Gasteiger partial charge in [-0.05, 0) is 17.7 Å². The van der Waals surface area contributed by atoms with Crippen LogP contribution in [0, 0.1) is 0 Å². The zero-order valence-corrected chi connectivity index (χ0v) is 20.2. The van der Waals surface area contributed by atoms with Crippen molar-refractivity contribution in [3.8, 4) is 17.1 Å². The van der Waals surface area contributed by atoms with Crippen molar-refractivity contribution in [1.82, 2.24) is 20.2 Å². The summed E-state index contributed by atoms with van der Waals surface area (Å²) in [5.74, 6) is -5.68. The number of imidazole rings is 1. The molecule has 3 aromatic rings. The van der Waals surface area contributed by atoms with E-state index in [9.17, 15) is 39.3 Å². The van der Waals surface area contributed by atoms with Crippen LogP contribution in [0.4, 0.5) is 5.69 Å². The van der Waals surface area contributed by atoms with Gasteiger partial charge in [0.05, 0.1) is 12.1 Å². The van der Waals surface area contributed by atoms with E-state index in [1.807, 2.05) is 0 Å². The fourth-order valence-corrected chi connectivity index (χ4v) is 3.60. The summed E-state index contributed by atoms with van der Waals surface area (Å²) in [6, 6.07) is 10.5. The molecule has 0 aliphatic carbocycles. The number of nitrogens with two attached hydrogens (primary N) is 2. The first-order valence-corrected chi connectivity index (χ1v) is 11.3. The van der Waals surface area contributed by atoms with Gasteiger partial charge in [-0.2, -0.15) is 0 Å². The molecule has 2 atom stereocenters. The van der Waals surface area contributed by atoms with E-state index in [2.05, 4.69) is 20.6 Å². The Bertz CT molecular complexity index is 1460. The maximum absolute atomic E-state index is 12.8. The summed E-state index contributed by atoms with van der Waals surface area (Å²) >= 11 is 0. The SMILES string of the molecule is NC(N)=Nc1ccc(-c2[nH]c(=O)n(CC(=O)N[C@@H](CC(=O)O)C(=O)N[C@H](C(=O)O)c3ccccc3)c2O)cc1. The van der Waals surface area contributed by atoms with Crippen LogP contribution in [0.2, 0.25) is 0 Å². The van der Waals surface area contributed by atoms with Crippen LogP contribution in [-0.4, -0.2) is 60.6 Å². The normalized spacial score (nSPS) is 12.1. The molecule has 15 heteroatoms. The average Bonchev–Trinajstić information content (AvgIpc) is 3.15. The van der Waals surface area contributed by atoms with Gasteiger partial charge in [0.1, 0.15) is 18.3 Å². The number of aliphatic carboxylic acids is 2. The van der Waals surface area contributed by atoms with Gasteiger partial charge < -0.3 is 42.4 Å². The average molecular weight is 540 g/mol. The molecule has 0 saturated carbocycles. The molecule has 0 saturated heterocycles. The van der Waals surface area contributed by atoms with Gasteiger partial charge in [-0.3, -0.25) is 19.0 Å². The van der Waals surface area contributed by atoms with Crippen molar-refractivity contribution in [3.63, 3.8) is 0 Å². The van der Waals surface area contributed by atoms with Crippen LogP contribution < -0.4 is 27.8 Å². The predicted octanol–water partition coefficient (Wildman–Crippen LogP) is -0.644. The van der Waals surface area contributed by atoms with E-state index in [-0.39, 0.29) is 17.2 Å². The van der Waals surface area contributed by atoms with Crippen molar-refractivity contribution in [2.45, 2.75) is 25.0 Å². The third kappa shape index (κ3) is 7.22. The predicted molar refractivity (Wildman–Crippen MR) is 137 cm³/mol. The lowest BCUT2D eigenvalue weighted by atomic mass is 10.1. The number of benzene rings is 2. The van der Waals surface area contributed by atoms with Crippen molar-refractivity contribution < 1.29 is 34.5 Å². The zero-order chi connectivity index (χ0) is 28.7. The second kappa shape index (κ2) is 12.1. The van der Waals surface area contributed by atoms with Gasteiger partial charge in [-0.15, -0.1) is 0 Å². The number of carboxylic acids is 2. The van der Waals surface area contributed by atoms with Gasteiger partial charge >= 0.3 is 17.6 Å². The summed E-state index contributed by atoms with van der Waals surface area (Å²) in [7, 11) is 0. The first-order valence-electron chi connectivity index (χ1n) is 11.3. The Morgan fingerprint density at radius 2 is 1.62 bits per heavy atom. The molecule has 0 radical (unpaired) electrons. The molecule has 1 aromatic heterocycles. The van der Waals surface area contributed by atoms with E-state index in [4.69, 9.17) is 11.5 Å². The molecule has 3 rings (SSSR count). The van der Waals surface area contributed by atoms with Gasteiger partial charge in [0, 0.05) is 5.56 Å². The van der Waals surface area contributed by atoms with E-state index in [1.54, 1.807) is 18.2 Å². The quantitative estimate of drug-likeness (QED) is 0.113. The monoisotopic (exact) mass is 539 g/mol. The summed E-state index contributed by atoms with van der Waals surface area (Å²) < 4.78 is 0.675. The molecule has 10 N–H and O–H groups in total. The number of carbonyl (C=O) groups is 4. The molecule has 0 aliphatic rings. The van der Waals surface area contributed by atoms with Crippen LogP contribution in [0.3, 0.4) is 0 Å². The number of aromatic hydroxyl groups is 1. The topological polar surface area (TPSA) is 255 Å². The van der Waals surface area contributed by atoms with Crippen molar-refractivity contribution >= 4 is 35.4 Å². The molecule has 204 valence electrons. The van der Waals surface area contributed by atoms with E-state index < -0.39 is 60.4 Å². The number of aliphatic imine (C=N–C) groups is 1. The Labute approximate surface area is 219 Å². The number of aromatic amines is 1. The Morgan fingerprint density at radius 3 is 2.18 bits per heavy atom. The third-order valence-electron chi connectivity index (χ3n) is 5.37. The molecule has 0 unspecified atom stereocenters. The minimum Gasteiger partial charge on any atom is -0.493 e. The molecule has 2 amide bonds. The van der Waals surface area contributed by atoms with E-state index in [0.717, 1.165) is 0 Å². The summed E-state index contributed by atoms with van der Waals surface area (Å²) in [4.78, 5) is 67.2. The smallest absolute Gasteiger partial charge is 0.330 e. The number of H-pyrrole nitrogens is 1. The summed E-state index contributed by atoms with van der Waals surface area (Å²) in [6.07, 6.45) is -0.875. The van der Waals surface area contributed by atoms with Crippen LogP contribution in [0.25, 0.3) is 11.3 Å². The number of carboxylic acid groups (broad SMARTS) is 2. The first kappa shape index (κ1) is 28.0. The number of nitrogens with one attached hydrogen (secondary N) is 3. The molecule has 2 aromatic carbocycles. The van der Waals surface area contributed by atoms with Crippen molar-refractivity contribution in [3.05, 3.63) is 70.6 Å². The van der Waals surface area contributed by atoms with E-state index in [0.29, 0.717) is 15.8 Å². The molecular weight excluding hydrogens is 514 g/mol. The standard InChI is InChI=1S/C24H25N7O8/c25-23(26)27-14-8-6-13(7-9-14)18-21(36)31(24(39)30-18)11-16(32)28-15(10-17(33)34)20(35)29-19(22(37)38)12-4-2-1-3-5-12/h1-9,15,19,36H,10-11H2,(H,28,32)(H,29,35)(H,30,39)(H,33,34)(H,37,38)(H4,25,26,27)/t15-,19-/m0/s1. The largest absolute Gasteiger partial charge is 0.493 e. The lowest BCUT2D eigenvalue weighted by molar-refractivity contribution is -0.143. The fourth-order valence-electron chi connectivity index (χ4n) is 3.60. The minimum atomic E-state index is -1.68. The maximum atomic E-state index is 12.8. The molecular formula is C24H25N7O8. The number of aromatic nitrogens is 2. The lowest BCUT2D eigenvalue weighted by Gasteiger charge is -2.20. The van der Waals surface area contributed by atoms with Crippen molar-refractivity contribution in [1.29, 1.82) is 0 Å². The lowest BCUT2D eigenvalue weighted by Crippen LogP contribution is -2.50. The molecule has 1 heterocycles. The summed E-state index contributed by atoms with van der Waals surface area (Å²) in [5.41, 5.74) is 10.8. The second-order valence-electron chi connectivity index (χ2n) is 8.21. The van der Waals surface area contributed by atoms with E-state index in [1.165, 1.54) is 36.4 Å². The van der Waals surface area contributed by atoms with Crippen LogP contribution in [0.15, 0.2) is 64.4 Å². The Hall–Kier alpha value is -5.60. The highest BCUT2D eigenvalue weighted by Crippen LogP contribution is 2.27. The van der Waals surface area contributed by atoms with Gasteiger partial charge in [-0.1, -0.05) is 42.5 Å². The number of nitrogens with zero attached hydrogens (tertiary/aromatic N) is 2. The summed E-state index contributed by atoms with van der Waals surface area (Å²) in [5, 5.41) is 33.7. The highest BCUT2D eigenvalue weighted by Gasteiger charge is 2.29. The van der Waals surface area contributed by atoms with Gasteiger partial charge in [0.25, 0.3) is 0 Å². The number of carbonyl (C=O) groups excluding carboxylic acids is 2. The number of hydrogen-bond acceptors (Lipinski definition) is 7. The van der Waals surface area contributed by atoms with Crippen molar-refractivity contribution in [2.75, 3.05) is 0 Å². The Morgan fingerprint density at radius 1 is 0.974 bits per heavy atom. The maximum Gasteiger partial charge on any atom is 0.330 e. The van der Waals surface area contributed by atoms with Gasteiger partial charge in [-0.25, -0.2) is 14.6 Å². The highest BCUT2D eigenvalue weighted by atomic mass is 16.4. The number of amides is 2. The van der Waals surface area contributed by atoms with Crippen LogP contribution in [0.5, 0.6) is 5.88 Å². The molecule has 0 bridgehead atoms. The minimum absolute atomic E-state index is 0.0176. The molecule has 0 aliphatic heterocycles. The van der Waals surface area contributed by atoms with Crippen LogP contribution in [0.1, 0.15) is 18.0 Å². The fraction of sp³-hybridized carbons (Fsp3) is 0.167. The number of rotatable bonds is 11.